The molecule has 130 valence electrons. The Balaban J connectivity index is 2.04. The predicted octanol–water partition coefficient (Wildman–Crippen LogP) is 2.89. The van der Waals surface area contributed by atoms with Crippen molar-refractivity contribution in [2.24, 2.45) is 5.92 Å². The Morgan fingerprint density at radius 2 is 1.87 bits per heavy atom. The Bertz CT molecular complexity index is 589. The number of thiophene rings is 1. The summed E-state index contributed by atoms with van der Waals surface area (Å²) in [6.45, 7) is 3.71. The first-order valence-electron chi connectivity index (χ1n) is 8.26. The van der Waals surface area contributed by atoms with Gasteiger partial charge in [-0.2, -0.15) is 4.72 Å². The molecule has 1 heterocycles. The lowest BCUT2D eigenvalue weighted by Crippen LogP contribution is -2.51. The highest BCUT2D eigenvalue weighted by atomic mass is 32.2. The van der Waals surface area contributed by atoms with Crippen LogP contribution in [0, 0.1) is 5.92 Å². The average Bonchev–Trinajstić information content (AvgIpc) is 2.92. The average molecular weight is 359 g/mol. The standard InChI is InChI=1S/C16H26N2O3S2/c1-12(2)15(18-23(20,21)14-10-7-11-22-14)16(19)17-13-8-5-3-4-6-9-13/h7,10-13,15,18H,3-6,8-9H2,1-2H3,(H,17,19)/t15-/m1/s1. The molecule has 0 saturated heterocycles. The van der Waals surface area contributed by atoms with Crippen molar-refractivity contribution >= 4 is 27.3 Å². The van der Waals surface area contributed by atoms with Gasteiger partial charge in [0.15, 0.2) is 0 Å². The number of rotatable bonds is 6. The monoisotopic (exact) mass is 358 g/mol. The number of hydrogen-bond acceptors (Lipinski definition) is 4. The molecule has 1 saturated carbocycles. The van der Waals surface area contributed by atoms with Crippen molar-refractivity contribution in [1.82, 2.24) is 10.0 Å². The maximum Gasteiger partial charge on any atom is 0.250 e. The molecular formula is C16H26N2O3S2. The molecule has 1 aromatic rings. The van der Waals surface area contributed by atoms with Crippen LogP contribution >= 0.6 is 11.3 Å². The zero-order chi connectivity index (χ0) is 16.9. The van der Waals surface area contributed by atoms with E-state index in [1.165, 1.54) is 12.8 Å². The summed E-state index contributed by atoms with van der Waals surface area (Å²) in [5.41, 5.74) is 0. The van der Waals surface area contributed by atoms with Gasteiger partial charge in [-0.15, -0.1) is 11.3 Å². The number of carbonyl (C=O) groups excluding carboxylic acids is 1. The van der Waals surface area contributed by atoms with Crippen molar-refractivity contribution in [2.75, 3.05) is 0 Å². The first kappa shape index (κ1) is 18.4. The molecule has 2 N–H and O–H groups in total. The molecule has 0 aromatic carbocycles. The summed E-state index contributed by atoms with van der Waals surface area (Å²) in [6, 6.07) is 2.66. The van der Waals surface area contributed by atoms with E-state index in [1.807, 2.05) is 13.8 Å². The lowest BCUT2D eigenvalue weighted by atomic mass is 10.0. The highest BCUT2D eigenvalue weighted by Gasteiger charge is 2.30. The first-order chi connectivity index (χ1) is 10.9. The summed E-state index contributed by atoms with van der Waals surface area (Å²) in [4.78, 5) is 12.6. The maximum absolute atomic E-state index is 12.6. The van der Waals surface area contributed by atoms with E-state index in [-0.39, 0.29) is 22.1 Å². The number of hydrogen-bond donors (Lipinski definition) is 2. The molecular weight excluding hydrogens is 332 g/mol. The smallest absolute Gasteiger partial charge is 0.250 e. The normalized spacial score (nSPS) is 18.6. The molecule has 0 bridgehead atoms. The Morgan fingerprint density at radius 1 is 1.22 bits per heavy atom. The van der Waals surface area contributed by atoms with Crippen LogP contribution in [-0.2, 0) is 14.8 Å². The molecule has 1 fully saturated rings. The fourth-order valence-corrected chi connectivity index (χ4v) is 5.20. The first-order valence-corrected chi connectivity index (χ1v) is 10.6. The van der Waals surface area contributed by atoms with E-state index in [4.69, 9.17) is 0 Å². The highest BCUT2D eigenvalue weighted by molar-refractivity contribution is 7.91. The fourth-order valence-electron chi connectivity index (χ4n) is 2.85. The second-order valence-corrected chi connectivity index (χ2v) is 9.36. The molecule has 5 nitrogen and oxygen atoms in total. The Kier molecular flexibility index (Phi) is 6.61. The van der Waals surface area contributed by atoms with Gasteiger partial charge in [-0.05, 0) is 30.2 Å². The minimum Gasteiger partial charge on any atom is -0.352 e. The molecule has 0 unspecified atom stereocenters. The van der Waals surface area contributed by atoms with Crippen LogP contribution in [0.2, 0.25) is 0 Å². The summed E-state index contributed by atoms with van der Waals surface area (Å²) >= 11 is 1.15. The zero-order valence-corrected chi connectivity index (χ0v) is 15.4. The largest absolute Gasteiger partial charge is 0.352 e. The van der Waals surface area contributed by atoms with Crippen LogP contribution in [0.5, 0.6) is 0 Å². The Labute approximate surface area is 142 Å². The van der Waals surface area contributed by atoms with E-state index in [2.05, 4.69) is 10.0 Å². The molecule has 23 heavy (non-hydrogen) atoms. The summed E-state index contributed by atoms with van der Waals surface area (Å²) in [6.07, 6.45) is 6.63. The second kappa shape index (κ2) is 8.26. The van der Waals surface area contributed by atoms with Crippen molar-refractivity contribution in [1.29, 1.82) is 0 Å². The lowest BCUT2D eigenvalue weighted by molar-refractivity contribution is -0.124. The topological polar surface area (TPSA) is 75.3 Å². The third-order valence-electron chi connectivity index (χ3n) is 4.19. The maximum atomic E-state index is 12.6. The van der Waals surface area contributed by atoms with Crippen LogP contribution in [0.4, 0.5) is 0 Å². The number of sulfonamides is 1. The predicted molar refractivity (Wildman–Crippen MR) is 92.9 cm³/mol. The molecule has 1 aliphatic carbocycles. The molecule has 2 rings (SSSR count). The Hall–Kier alpha value is -0.920. The summed E-state index contributed by atoms with van der Waals surface area (Å²) in [7, 11) is -3.65. The van der Waals surface area contributed by atoms with Gasteiger partial charge in [-0.25, -0.2) is 8.42 Å². The van der Waals surface area contributed by atoms with Gasteiger partial charge >= 0.3 is 0 Å². The van der Waals surface area contributed by atoms with Crippen LogP contribution < -0.4 is 10.0 Å². The number of carbonyl (C=O) groups is 1. The number of nitrogens with one attached hydrogen (secondary N) is 2. The van der Waals surface area contributed by atoms with Crippen LogP contribution in [0.15, 0.2) is 21.7 Å². The Morgan fingerprint density at radius 3 is 2.39 bits per heavy atom. The van der Waals surface area contributed by atoms with Crippen LogP contribution in [-0.4, -0.2) is 26.4 Å². The van der Waals surface area contributed by atoms with Gasteiger partial charge in [-0.3, -0.25) is 4.79 Å². The van der Waals surface area contributed by atoms with Gasteiger partial charge in [0, 0.05) is 6.04 Å². The third-order valence-corrected chi connectivity index (χ3v) is 7.03. The van der Waals surface area contributed by atoms with Crippen LogP contribution in [0.1, 0.15) is 52.4 Å². The molecule has 1 atom stereocenters. The molecule has 0 aliphatic heterocycles. The van der Waals surface area contributed by atoms with Crippen molar-refractivity contribution in [3.05, 3.63) is 17.5 Å². The molecule has 7 heteroatoms. The highest BCUT2D eigenvalue weighted by Crippen LogP contribution is 2.19. The molecule has 0 radical (unpaired) electrons. The van der Waals surface area contributed by atoms with E-state index in [0.717, 1.165) is 37.0 Å². The van der Waals surface area contributed by atoms with Crippen molar-refractivity contribution < 1.29 is 13.2 Å². The van der Waals surface area contributed by atoms with Crippen molar-refractivity contribution in [3.8, 4) is 0 Å². The van der Waals surface area contributed by atoms with Gasteiger partial charge in [0.2, 0.25) is 5.91 Å². The molecule has 1 aliphatic rings. The SMILES string of the molecule is CC(C)[C@@H](NS(=O)(=O)c1cccs1)C(=O)NC1CCCCCC1. The molecule has 1 amide bonds. The van der Waals surface area contributed by atoms with Gasteiger partial charge in [0.1, 0.15) is 10.3 Å². The van der Waals surface area contributed by atoms with Crippen molar-refractivity contribution in [3.63, 3.8) is 0 Å². The van der Waals surface area contributed by atoms with Gasteiger partial charge in [-0.1, -0.05) is 45.6 Å². The minimum absolute atomic E-state index is 0.115. The van der Waals surface area contributed by atoms with E-state index < -0.39 is 16.1 Å². The number of amides is 1. The summed E-state index contributed by atoms with van der Waals surface area (Å²) in [5.74, 6) is -0.331. The van der Waals surface area contributed by atoms with Crippen LogP contribution in [0.25, 0.3) is 0 Å². The molecule has 1 aromatic heterocycles. The van der Waals surface area contributed by atoms with Crippen molar-refractivity contribution in [2.45, 2.75) is 68.7 Å². The van der Waals surface area contributed by atoms with Gasteiger partial charge in [0.05, 0.1) is 0 Å². The van der Waals surface area contributed by atoms with E-state index >= 15 is 0 Å². The quantitative estimate of drug-likeness (QED) is 0.768. The van der Waals surface area contributed by atoms with Crippen LogP contribution in [0.3, 0.4) is 0 Å². The molecule has 0 spiro atoms. The van der Waals surface area contributed by atoms with Gasteiger partial charge < -0.3 is 5.32 Å². The lowest BCUT2D eigenvalue weighted by Gasteiger charge is -2.24. The van der Waals surface area contributed by atoms with Gasteiger partial charge in [0.25, 0.3) is 10.0 Å². The second-order valence-electron chi connectivity index (χ2n) is 6.47. The zero-order valence-electron chi connectivity index (χ0n) is 13.7. The van der Waals surface area contributed by atoms with E-state index in [9.17, 15) is 13.2 Å². The fraction of sp³-hybridized carbons (Fsp3) is 0.688. The third kappa shape index (κ3) is 5.29. The summed E-state index contributed by atoms with van der Waals surface area (Å²) in [5, 5.41) is 4.76. The minimum atomic E-state index is -3.65. The van der Waals surface area contributed by atoms with E-state index in [0.29, 0.717) is 0 Å². The summed E-state index contributed by atoms with van der Waals surface area (Å²) < 4.78 is 27.6. The van der Waals surface area contributed by atoms with E-state index in [1.54, 1.807) is 17.5 Å².